The number of hydrogen-bond acceptors (Lipinski definition) is 3. The molecular formula is C18H33N3. The second kappa shape index (κ2) is 8.15. The summed E-state index contributed by atoms with van der Waals surface area (Å²) in [6.45, 7) is 8.18. The molecule has 2 fully saturated rings. The average Bonchev–Trinajstić information content (AvgIpc) is 2.54. The SMILES string of the molecule is CCCC1CCC(C#N)C(N(C)C2CCN(CC)CC2)C1. The summed E-state index contributed by atoms with van der Waals surface area (Å²) in [6.07, 6.45) is 8.81. The van der Waals surface area contributed by atoms with Crippen molar-refractivity contribution in [1.29, 1.82) is 5.26 Å². The van der Waals surface area contributed by atoms with Crippen molar-refractivity contribution in [2.75, 3.05) is 26.7 Å². The molecule has 120 valence electrons. The van der Waals surface area contributed by atoms with E-state index in [2.05, 4.69) is 36.8 Å². The Bertz CT molecular complexity index is 341. The summed E-state index contributed by atoms with van der Waals surface area (Å²) in [7, 11) is 2.29. The van der Waals surface area contributed by atoms with Gasteiger partial charge in [-0.2, -0.15) is 5.26 Å². The Morgan fingerprint density at radius 3 is 2.43 bits per heavy atom. The van der Waals surface area contributed by atoms with Crippen LogP contribution in [0.25, 0.3) is 0 Å². The van der Waals surface area contributed by atoms with E-state index in [9.17, 15) is 5.26 Å². The lowest BCUT2D eigenvalue weighted by molar-refractivity contribution is 0.0510. The molecule has 0 N–H and O–H groups in total. The van der Waals surface area contributed by atoms with E-state index in [1.54, 1.807) is 0 Å². The van der Waals surface area contributed by atoms with Crippen molar-refractivity contribution in [3.05, 3.63) is 0 Å². The Hall–Kier alpha value is -0.590. The van der Waals surface area contributed by atoms with Gasteiger partial charge in [-0.25, -0.2) is 0 Å². The third-order valence-corrected chi connectivity index (χ3v) is 5.89. The van der Waals surface area contributed by atoms with Crippen LogP contribution in [0.3, 0.4) is 0 Å². The molecule has 0 radical (unpaired) electrons. The summed E-state index contributed by atoms with van der Waals surface area (Å²) in [5.41, 5.74) is 0. The van der Waals surface area contributed by atoms with Gasteiger partial charge in [0.15, 0.2) is 0 Å². The van der Waals surface area contributed by atoms with Crippen LogP contribution in [0.1, 0.15) is 58.8 Å². The quantitative estimate of drug-likeness (QED) is 0.776. The van der Waals surface area contributed by atoms with E-state index in [1.165, 1.54) is 58.2 Å². The predicted octanol–water partition coefficient (Wildman–Crippen LogP) is 3.51. The number of likely N-dealkylation sites (tertiary alicyclic amines) is 1. The monoisotopic (exact) mass is 291 g/mol. The first kappa shape index (κ1) is 16.8. The highest BCUT2D eigenvalue weighted by Gasteiger charge is 2.36. The molecule has 3 nitrogen and oxygen atoms in total. The van der Waals surface area contributed by atoms with E-state index in [1.807, 2.05) is 0 Å². The first-order valence-corrected chi connectivity index (χ1v) is 9.03. The topological polar surface area (TPSA) is 30.3 Å². The Labute approximate surface area is 131 Å². The summed E-state index contributed by atoms with van der Waals surface area (Å²) < 4.78 is 0. The lowest BCUT2D eigenvalue weighted by atomic mass is 9.76. The maximum atomic E-state index is 9.52. The summed E-state index contributed by atoms with van der Waals surface area (Å²) in [6, 6.07) is 3.79. The Kier molecular flexibility index (Phi) is 6.51. The van der Waals surface area contributed by atoms with Crippen molar-refractivity contribution < 1.29 is 0 Å². The van der Waals surface area contributed by atoms with Gasteiger partial charge in [-0.1, -0.05) is 26.7 Å². The molecule has 0 bridgehead atoms. The molecule has 1 aliphatic carbocycles. The number of hydrogen-bond donors (Lipinski definition) is 0. The van der Waals surface area contributed by atoms with Crippen molar-refractivity contribution in [2.24, 2.45) is 11.8 Å². The number of piperidine rings is 1. The highest BCUT2D eigenvalue weighted by Crippen LogP contribution is 2.35. The number of nitrogens with zero attached hydrogens (tertiary/aromatic N) is 3. The summed E-state index contributed by atoms with van der Waals surface area (Å²) in [5.74, 6) is 1.11. The zero-order valence-corrected chi connectivity index (χ0v) is 14.2. The Morgan fingerprint density at radius 1 is 1.14 bits per heavy atom. The fourth-order valence-corrected chi connectivity index (χ4v) is 4.42. The van der Waals surface area contributed by atoms with Crippen molar-refractivity contribution >= 4 is 0 Å². The smallest absolute Gasteiger partial charge is 0.0672 e. The largest absolute Gasteiger partial charge is 0.303 e. The van der Waals surface area contributed by atoms with Crippen LogP contribution in [0, 0.1) is 23.2 Å². The van der Waals surface area contributed by atoms with Gasteiger partial charge in [-0.15, -0.1) is 0 Å². The minimum absolute atomic E-state index is 0.257. The van der Waals surface area contributed by atoms with E-state index in [0.717, 1.165) is 12.3 Å². The molecule has 1 saturated heterocycles. The molecule has 0 aromatic carbocycles. The Morgan fingerprint density at radius 2 is 1.86 bits per heavy atom. The third-order valence-electron chi connectivity index (χ3n) is 5.89. The van der Waals surface area contributed by atoms with E-state index in [4.69, 9.17) is 0 Å². The lowest BCUT2D eigenvalue weighted by Crippen LogP contribution is -2.50. The molecule has 3 atom stereocenters. The molecule has 0 amide bonds. The highest BCUT2D eigenvalue weighted by atomic mass is 15.2. The molecule has 21 heavy (non-hydrogen) atoms. The van der Waals surface area contributed by atoms with Crippen molar-refractivity contribution in [1.82, 2.24) is 9.80 Å². The fraction of sp³-hybridized carbons (Fsp3) is 0.944. The second-order valence-corrected chi connectivity index (χ2v) is 7.10. The van der Waals surface area contributed by atoms with Gasteiger partial charge in [-0.3, -0.25) is 4.90 Å². The zero-order chi connectivity index (χ0) is 15.2. The van der Waals surface area contributed by atoms with E-state index >= 15 is 0 Å². The first-order valence-electron chi connectivity index (χ1n) is 9.03. The van der Waals surface area contributed by atoms with Gasteiger partial charge in [0.2, 0.25) is 0 Å². The summed E-state index contributed by atoms with van der Waals surface area (Å²) in [4.78, 5) is 5.13. The average molecular weight is 291 g/mol. The van der Waals surface area contributed by atoms with Gasteiger partial charge in [-0.05, 0) is 64.7 Å². The highest BCUT2D eigenvalue weighted by molar-refractivity contribution is 4.98. The van der Waals surface area contributed by atoms with Gasteiger partial charge in [0.25, 0.3) is 0 Å². The van der Waals surface area contributed by atoms with E-state index < -0.39 is 0 Å². The van der Waals surface area contributed by atoms with Crippen LogP contribution in [0.4, 0.5) is 0 Å². The van der Waals surface area contributed by atoms with Crippen molar-refractivity contribution in [3.8, 4) is 6.07 Å². The summed E-state index contributed by atoms with van der Waals surface area (Å²) >= 11 is 0. The molecule has 2 rings (SSSR count). The summed E-state index contributed by atoms with van der Waals surface area (Å²) in [5, 5.41) is 9.52. The molecule has 2 aliphatic rings. The lowest BCUT2D eigenvalue weighted by Gasteiger charge is -2.44. The van der Waals surface area contributed by atoms with Crippen LogP contribution in [-0.2, 0) is 0 Å². The van der Waals surface area contributed by atoms with Gasteiger partial charge in [0, 0.05) is 12.1 Å². The molecule has 0 spiro atoms. The molecular weight excluding hydrogens is 258 g/mol. The normalized spacial score (nSPS) is 32.2. The van der Waals surface area contributed by atoms with Crippen LogP contribution < -0.4 is 0 Å². The maximum absolute atomic E-state index is 9.52. The fourth-order valence-electron chi connectivity index (χ4n) is 4.42. The molecule has 0 aromatic rings. The number of rotatable bonds is 5. The minimum atomic E-state index is 0.257. The molecule has 0 aromatic heterocycles. The zero-order valence-electron chi connectivity index (χ0n) is 14.2. The molecule has 3 heteroatoms. The molecule has 1 saturated carbocycles. The first-order chi connectivity index (χ1) is 10.2. The van der Waals surface area contributed by atoms with Crippen molar-refractivity contribution in [2.45, 2.75) is 70.9 Å². The van der Waals surface area contributed by atoms with E-state index in [-0.39, 0.29) is 5.92 Å². The van der Waals surface area contributed by atoms with Crippen LogP contribution in [0.5, 0.6) is 0 Å². The van der Waals surface area contributed by atoms with Crippen LogP contribution >= 0.6 is 0 Å². The molecule has 1 heterocycles. The second-order valence-electron chi connectivity index (χ2n) is 7.10. The molecule has 3 unspecified atom stereocenters. The van der Waals surface area contributed by atoms with Gasteiger partial charge in [0.05, 0.1) is 12.0 Å². The standard InChI is InChI=1S/C18H33N3/c1-4-6-15-7-8-16(14-19)18(13-15)20(3)17-9-11-21(5-2)12-10-17/h15-18H,4-13H2,1-3H3. The van der Waals surface area contributed by atoms with Gasteiger partial charge in [0.1, 0.15) is 0 Å². The van der Waals surface area contributed by atoms with Crippen molar-refractivity contribution in [3.63, 3.8) is 0 Å². The molecule has 1 aliphatic heterocycles. The third kappa shape index (κ3) is 4.20. The number of nitriles is 1. The van der Waals surface area contributed by atoms with Crippen LogP contribution in [0.15, 0.2) is 0 Å². The maximum Gasteiger partial charge on any atom is 0.0672 e. The van der Waals surface area contributed by atoms with Gasteiger partial charge >= 0.3 is 0 Å². The predicted molar refractivity (Wildman–Crippen MR) is 88.0 cm³/mol. The minimum Gasteiger partial charge on any atom is -0.303 e. The Balaban J connectivity index is 1.94. The van der Waals surface area contributed by atoms with Crippen LogP contribution in [-0.4, -0.2) is 48.6 Å². The van der Waals surface area contributed by atoms with Crippen LogP contribution in [0.2, 0.25) is 0 Å². The van der Waals surface area contributed by atoms with E-state index in [0.29, 0.717) is 12.1 Å². The van der Waals surface area contributed by atoms with Gasteiger partial charge < -0.3 is 4.90 Å².